The lowest BCUT2D eigenvalue weighted by molar-refractivity contribution is -0.146. The number of pyridine rings is 1. The minimum Gasteiger partial charge on any atom is -0.497 e. The molecule has 0 amide bonds. The maximum atomic E-state index is 15.3. The minimum absolute atomic E-state index is 0.0396. The number of aliphatic carboxylic acids is 1. The fourth-order valence-electron chi connectivity index (χ4n) is 4.60. The van der Waals surface area contributed by atoms with Crippen LogP contribution in [0.2, 0.25) is 0 Å². The monoisotopic (exact) mass is 484 g/mol. The topological polar surface area (TPSA) is 88.4 Å². The molecule has 1 saturated heterocycles. The number of thioether (sulfide) groups is 1. The standard InChI is InChI=1S/C25H29FN4O3S/c1-33-18-5-7-23-20(15-18)19(8-11-27-23)22(26)6-4-17-9-12-30(16-21(17)25(31)32)13-14-34-24-3-2-10-28-29-24/h2-3,5,7-8,10-11,15,17,21-22H,4,6,9,12-14,16H2,1H3,(H,31,32)/t17-,21+,22-/m1/s1. The van der Waals surface area contributed by atoms with Crippen molar-refractivity contribution in [3.8, 4) is 5.75 Å². The van der Waals surface area contributed by atoms with Crippen LogP contribution in [-0.2, 0) is 4.79 Å². The van der Waals surface area contributed by atoms with Gasteiger partial charge in [-0.05, 0) is 73.7 Å². The molecule has 3 atom stereocenters. The van der Waals surface area contributed by atoms with E-state index in [2.05, 4.69) is 20.1 Å². The molecule has 0 spiro atoms. The van der Waals surface area contributed by atoms with Crippen LogP contribution in [0.1, 0.15) is 31.0 Å². The number of piperidine rings is 1. The third-order valence-electron chi connectivity index (χ3n) is 6.47. The number of hydrogen-bond donors (Lipinski definition) is 1. The molecule has 4 rings (SSSR count). The van der Waals surface area contributed by atoms with Gasteiger partial charge in [0.05, 0.1) is 18.5 Å². The molecule has 180 valence electrons. The summed E-state index contributed by atoms with van der Waals surface area (Å²) in [5.74, 6) is 0.149. The molecule has 9 heteroatoms. The van der Waals surface area contributed by atoms with Crippen LogP contribution in [0.25, 0.3) is 10.9 Å². The van der Waals surface area contributed by atoms with E-state index in [0.29, 0.717) is 24.3 Å². The van der Waals surface area contributed by atoms with Crippen LogP contribution in [-0.4, -0.2) is 63.7 Å². The number of benzene rings is 1. The van der Waals surface area contributed by atoms with Crippen molar-refractivity contribution in [2.45, 2.75) is 30.5 Å². The third kappa shape index (κ3) is 6.01. The van der Waals surface area contributed by atoms with Gasteiger partial charge < -0.3 is 14.7 Å². The van der Waals surface area contributed by atoms with Gasteiger partial charge in [-0.15, -0.1) is 16.9 Å². The van der Waals surface area contributed by atoms with Crippen molar-refractivity contribution < 1.29 is 19.0 Å². The summed E-state index contributed by atoms with van der Waals surface area (Å²) in [4.78, 5) is 18.5. The number of halogens is 1. The number of aromatic nitrogens is 3. The molecular formula is C25H29FN4O3S. The zero-order valence-electron chi connectivity index (χ0n) is 19.1. The molecule has 3 aromatic rings. The van der Waals surface area contributed by atoms with Crippen molar-refractivity contribution in [2.75, 3.05) is 32.5 Å². The number of carboxylic acids is 1. The average Bonchev–Trinajstić information content (AvgIpc) is 2.87. The summed E-state index contributed by atoms with van der Waals surface area (Å²) in [7, 11) is 1.58. The molecule has 0 aliphatic carbocycles. The van der Waals surface area contributed by atoms with Crippen LogP contribution in [0.5, 0.6) is 5.75 Å². The molecule has 2 aromatic heterocycles. The SMILES string of the molecule is COc1ccc2nccc([C@H](F)CC[C@@H]3CCN(CCSc4cccnn4)C[C@@H]3C(=O)O)c2c1. The van der Waals surface area contributed by atoms with Crippen molar-refractivity contribution in [2.24, 2.45) is 11.8 Å². The summed E-state index contributed by atoms with van der Waals surface area (Å²) in [6, 6.07) is 10.9. The van der Waals surface area contributed by atoms with Crippen LogP contribution in [0.4, 0.5) is 4.39 Å². The van der Waals surface area contributed by atoms with Crippen LogP contribution in [0.15, 0.2) is 53.8 Å². The molecule has 1 N–H and O–H groups in total. The fraction of sp³-hybridized carbons (Fsp3) is 0.440. The van der Waals surface area contributed by atoms with Gasteiger partial charge in [0.25, 0.3) is 0 Å². The van der Waals surface area contributed by atoms with Gasteiger partial charge in [-0.1, -0.05) is 0 Å². The molecule has 1 fully saturated rings. The van der Waals surface area contributed by atoms with E-state index >= 15 is 4.39 Å². The summed E-state index contributed by atoms with van der Waals surface area (Å²) in [5.41, 5.74) is 1.30. The maximum absolute atomic E-state index is 15.3. The third-order valence-corrected chi connectivity index (χ3v) is 7.37. The summed E-state index contributed by atoms with van der Waals surface area (Å²) < 4.78 is 20.6. The van der Waals surface area contributed by atoms with Gasteiger partial charge in [0.1, 0.15) is 16.9 Å². The predicted octanol–water partition coefficient (Wildman–Crippen LogP) is 4.64. The van der Waals surface area contributed by atoms with E-state index in [0.717, 1.165) is 41.2 Å². The van der Waals surface area contributed by atoms with Crippen molar-refractivity contribution in [1.82, 2.24) is 20.1 Å². The molecule has 0 bridgehead atoms. The highest BCUT2D eigenvalue weighted by molar-refractivity contribution is 7.99. The van der Waals surface area contributed by atoms with Gasteiger partial charge in [0.2, 0.25) is 0 Å². The van der Waals surface area contributed by atoms with E-state index in [1.807, 2.05) is 30.3 Å². The van der Waals surface area contributed by atoms with E-state index in [1.165, 1.54) is 0 Å². The van der Waals surface area contributed by atoms with Gasteiger partial charge in [-0.3, -0.25) is 9.78 Å². The number of ether oxygens (including phenoxy) is 1. The molecule has 0 unspecified atom stereocenters. The Kier molecular flexibility index (Phi) is 8.29. The predicted molar refractivity (Wildman–Crippen MR) is 130 cm³/mol. The molecule has 1 aromatic carbocycles. The van der Waals surface area contributed by atoms with Crippen LogP contribution < -0.4 is 4.74 Å². The van der Waals surface area contributed by atoms with Gasteiger partial charge >= 0.3 is 5.97 Å². The highest BCUT2D eigenvalue weighted by atomic mass is 32.2. The Morgan fingerprint density at radius 1 is 1.32 bits per heavy atom. The number of alkyl halides is 1. The number of methoxy groups -OCH3 is 1. The van der Waals surface area contributed by atoms with Crippen molar-refractivity contribution >= 4 is 28.6 Å². The van der Waals surface area contributed by atoms with Crippen LogP contribution >= 0.6 is 11.8 Å². The second-order valence-electron chi connectivity index (χ2n) is 8.53. The fourth-order valence-corrected chi connectivity index (χ4v) is 5.44. The van der Waals surface area contributed by atoms with Gasteiger partial charge in [-0.25, -0.2) is 4.39 Å². The van der Waals surface area contributed by atoms with Crippen molar-refractivity contribution in [3.05, 3.63) is 54.4 Å². The van der Waals surface area contributed by atoms with Gasteiger partial charge in [0, 0.05) is 36.6 Å². The van der Waals surface area contributed by atoms with Crippen LogP contribution in [0, 0.1) is 11.8 Å². The smallest absolute Gasteiger partial charge is 0.308 e. The average molecular weight is 485 g/mol. The Hall–Kier alpha value is -2.78. The Balaban J connectivity index is 1.34. The number of carbonyl (C=O) groups is 1. The van der Waals surface area contributed by atoms with Crippen LogP contribution in [0.3, 0.4) is 0 Å². The Labute approximate surface area is 202 Å². The van der Waals surface area contributed by atoms with Crippen molar-refractivity contribution in [3.63, 3.8) is 0 Å². The van der Waals surface area contributed by atoms with E-state index in [9.17, 15) is 9.90 Å². The summed E-state index contributed by atoms with van der Waals surface area (Å²) in [6.45, 7) is 2.10. The van der Waals surface area contributed by atoms with E-state index in [1.54, 1.807) is 37.3 Å². The van der Waals surface area contributed by atoms with E-state index in [4.69, 9.17) is 4.74 Å². The molecule has 34 heavy (non-hydrogen) atoms. The number of hydrogen-bond acceptors (Lipinski definition) is 7. The lowest BCUT2D eigenvalue weighted by Gasteiger charge is -2.36. The maximum Gasteiger partial charge on any atom is 0.308 e. The Bertz CT molecular complexity index is 1100. The molecule has 1 aliphatic rings. The first kappa shape index (κ1) is 24.3. The summed E-state index contributed by atoms with van der Waals surface area (Å²) >= 11 is 1.61. The highest BCUT2D eigenvalue weighted by Gasteiger charge is 2.34. The summed E-state index contributed by atoms with van der Waals surface area (Å²) in [5, 5.41) is 19.4. The zero-order chi connectivity index (χ0) is 23.9. The molecule has 1 aliphatic heterocycles. The summed E-state index contributed by atoms with van der Waals surface area (Å²) in [6.07, 6.45) is 3.65. The molecular weight excluding hydrogens is 455 g/mol. The first-order chi connectivity index (χ1) is 16.5. The molecule has 7 nitrogen and oxygen atoms in total. The molecule has 0 saturated carbocycles. The molecule has 0 radical (unpaired) electrons. The van der Waals surface area contributed by atoms with Gasteiger partial charge in [-0.2, -0.15) is 5.10 Å². The number of nitrogens with zero attached hydrogens (tertiary/aromatic N) is 4. The Morgan fingerprint density at radius 2 is 2.21 bits per heavy atom. The first-order valence-corrected chi connectivity index (χ1v) is 12.5. The van der Waals surface area contributed by atoms with Gasteiger partial charge in [0.15, 0.2) is 0 Å². The highest BCUT2D eigenvalue weighted by Crippen LogP contribution is 2.35. The van der Waals surface area contributed by atoms with E-state index in [-0.39, 0.29) is 12.3 Å². The van der Waals surface area contributed by atoms with E-state index < -0.39 is 18.1 Å². The normalized spacial score (nSPS) is 19.7. The largest absolute Gasteiger partial charge is 0.497 e. The zero-order valence-corrected chi connectivity index (χ0v) is 20.0. The number of fused-ring (bicyclic) bond motifs is 1. The van der Waals surface area contributed by atoms with Crippen molar-refractivity contribution in [1.29, 1.82) is 0 Å². The molecule has 3 heterocycles. The second-order valence-corrected chi connectivity index (χ2v) is 9.65. The number of likely N-dealkylation sites (tertiary alicyclic amines) is 1. The Morgan fingerprint density at radius 3 is 2.97 bits per heavy atom. The minimum atomic E-state index is -1.19. The number of carboxylic acid groups (broad SMARTS) is 1. The lowest BCUT2D eigenvalue weighted by atomic mass is 9.81. The lowest BCUT2D eigenvalue weighted by Crippen LogP contribution is -2.44. The second kappa shape index (κ2) is 11.6. The number of rotatable bonds is 10. The first-order valence-electron chi connectivity index (χ1n) is 11.5. The quantitative estimate of drug-likeness (QED) is 0.417.